The number of nitrogens with zero attached hydrogens (tertiary/aromatic N) is 2. The topological polar surface area (TPSA) is 79.0 Å². The molecular formula is C20H20ClN3O4. The van der Waals surface area contributed by atoms with E-state index in [9.17, 15) is 14.4 Å². The van der Waals surface area contributed by atoms with E-state index in [1.807, 2.05) is 6.92 Å². The van der Waals surface area contributed by atoms with E-state index < -0.39 is 17.7 Å². The predicted molar refractivity (Wildman–Crippen MR) is 107 cm³/mol. The molecule has 1 aliphatic rings. The molecule has 0 saturated carbocycles. The van der Waals surface area contributed by atoms with Crippen molar-refractivity contribution in [2.24, 2.45) is 0 Å². The fourth-order valence-corrected chi connectivity index (χ4v) is 3.12. The summed E-state index contributed by atoms with van der Waals surface area (Å²) in [5, 5.41) is 3.05. The molecule has 2 aromatic rings. The Bertz CT molecular complexity index is 903. The summed E-state index contributed by atoms with van der Waals surface area (Å²) in [5.41, 5.74) is 1.00. The van der Waals surface area contributed by atoms with Crippen LogP contribution in [0.3, 0.4) is 0 Å². The second kappa shape index (κ2) is 8.75. The average molecular weight is 402 g/mol. The van der Waals surface area contributed by atoms with Crippen LogP contribution in [0.2, 0.25) is 5.02 Å². The summed E-state index contributed by atoms with van der Waals surface area (Å²) in [4.78, 5) is 40.0. The van der Waals surface area contributed by atoms with Crippen LogP contribution in [0.15, 0.2) is 48.5 Å². The van der Waals surface area contributed by atoms with Gasteiger partial charge in [0.15, 0.2) is 0 Å². The minimum absolute atomic E-state index is 0.225. The first-order chi connectivity index (χ1) is 13.5. The smallest absolute Gasteiger partial charge is 0.316 e. The van der Waals surface area contributed by atoms with Crippen molar-refractivity contribution in [2.75, 3.05) is 36.5 Å². The van der Waals surface area contributed by atoms with Crippen LogP contribution in [0.5, 0.6) is 5.75 Å². The molecule has 3 amide bonds. The fraction of sp³-hybridized carbons (Fsp3) is 0.250. The van der Waals surface area contributed by atoms with Crippen molar-refractivity contribution in [1.29, 1.82) is 0 Å². The van der Waals surface area contributed by atoms with Crippen LogP contribution in [0.1, 0.15) is 6.92 Å². The van der Waals surface area contributed by atoms with Crippen molar-refractivity contribution in [3.8, 4) is 5.75 Å². The van der Waals surface area contributed by atoms with Gasteiger partial charge in [0.1, 0.15) is 12.3 Å². The van der Waals surface area contributed by atoms with Crippen molar-refractivity contribution < 1.29 is 19.1 Å². The van der Waals surface area contributed by atoms with Gasteiger partial charge in [-0.3, -0.25) is 19.3 Å². The first kappa shape index (κ1) is 19.7. The number of amides is 3. The number of ether oxygens (including phenoxy) is 1. The average Bonchev–Trinajstić information content (AvgIpc) is 2.68. The quantitative estimate of drug-likeness (QED) is 0.754. The Labute approximate surface area is 167 Å². The normalized spacial score (nSPS) is 14.2. The van der Waals surface area contributed by atoms with Crippen molar-refractivity contribution in [1.82, 2.24) is 4.90 Å². The van der Waals surface area contributed by atoms with Gasteiger partial charge in [0.05, 0.1) is 23.0 Å². The molecule has 8 heteroatoms. The number of halogens is 1. The molecule has 146 valence electrons. The van der Waals surface area contributed by atoms with Crippen LogP contribution in [0.25, 0.3) is 0 Å². The Morgan fingerprint density at radius 2 is 1.79 bits per heavy atom. The Morgan fingerprint density at radius 3 is 2.54 bits per heavy atom. The molecule has 0 bridgehead atoms. The van der Waals surface area contributed by atoms with Crippen molar-refractivity contribution in [3.05, 3.63) is 53.6 Å². The number of para-hydroxylation sites is 3. The fourth-order valence-electron chi connectivity index (χ4n) is 2.94. The maximum absolute atomic E-state index is 12.6. The third kappa shape index (κ3) is 4.26. The lowest BCUT2D eigenvalue weighted by Gasteiger charge is -2.34. The molecule has 1 fully saturated rings. The monoisotopic (exact) mass is 401 g/mol. The van der Waals surface area contributed by atoms with Gasteiger partial charge >= 0.3 is 11.8 Å². The zero-order valence-corrected chi connectivity index (χ0v) is 16.1. The van der Waals surface area contributed by atoms with Crippen molar-refractivity contribution >= 4 is 40.7 Å². The summed E-state index contributed by atoms with van der Waals surface area (Å²) in [6.07, 6.45) is 0. The van der Waals surface area contributed by atoms with Gasteiger partial charge in [-0.15, -0.1) is 0 Å². The van der Waals surface area contributed by atoms with Crippen LogP contribution in [-0.2, 0) is 14.4 Å². The van der Waals surface area contributed by atoms with Gasteiger partial charge in [-0.25, -0.2) is 0 Å². The van der Waals surface area contributed by atoms with E-state index in [1.54, 1.807) is 48.5 Å². The third-order valence-electron chi connectivity index (χ3n) is 4.25. The second-order valence-corrected chi connectivity index (χ2v) is 6.52. The first-order valence-corrected chi connectivity index (χ1v) is 9.26. The zero-order valence-electron chi connectivity index (χ0n) is 15.4. The van der Waals surface area contributed by atoms with Crippen LogP contribution in [0, 0.1) is 0 Å². The van der Waals surface area contributed by atoms with Crippen LogP contribution in [-0.4, -0.2) is 48.9 Å². The van der Waals surface area contributed by atoms with Crippen LogP contribution >= 0.6 is 11.6 Å². The molecule has 0 unspecified atom stereocenters. The summed E-state index contributed by atoms with van der Waals surface area (Å²) < 4.78 is 5.55. The minimum Gasteiger partial charge on any atom is -0.492 e. The molecule has 0 aromatic heterocycles. The highest BCUT2D eigenvalue weighted by atomic mass is 35.5. The summed E-state index contributed by atoms with van der Waals surface area (Å²) in [6.45, 7) is 2.58. The number of hydrogen-bond acceptors (Lipinski definition) is 4. The molecule has 1 heterocycles. The number of carbonyl (C=O) groups is 3. The van der Waals surface area contributed by atoms with Gasteiger partial charge in [0, 0.05) is 13.1 Å². The van der Waals surface area contributed by atoms with E-state index in [0.717, 1.165) is 0 Å². The third-order valence-corrected chi connectivity index (χ3v) is 4.58. The summed E-state index contributed by atoms with van der Waals surface area (Å²) >= 11 is 6.02. The molecule has 1 saturated heterocycles. The van der Waals surface area contributed by atoms with Gasteiger partial charge in [0.2, 0.25) is 5.91 Å². The van der Waals surface area contributed by atoms with Gasteiger partial charge < -0.3 is 15.0 Å². The summed E-state index contributed by atoms with van der Waals surface area (Å²) in [5.74, 6) is -1.30. The number of piperazine rings is 1. The number of benzene rings is 2. The highest BCUT2D eigenvalue weighted by Gasteiger charge is 2.35. The van der Waals surface area contributed by atoms with Gasteiger partial charge in [-0.05, 0) is 31.2 Å². The molecule has 1 N–H and O–H groups in total. The Kier molecular flexibility index (Phi) is 6.16. The van der Waals surface area contributed by atoms with Gasteiger partial charge in [-0.1, -0.05) is 35.9 Å². The number of anilines is 2. The van der Waals surface area contributed by atoms with Crippen molar-refractivity contribution in [3.63, 3.8) is 0 Å². The molecule has 0 atom stereocenters. The molecule has 0 aliphatic carbocycles. The number of hydrogen-bond donors (Lipinski definition) is 1. The molecule has 2 aromatic carbocycles. The van der Waals surface area contributed by atoms with E-state index in [4.69, 9.17) is 16.3 Å². The standard InChI is InChI=1S/C20H20ClN3O4/c1-2-28-17-10-6-5-9-16(17)24-12-11-23(19(26)20(24)27)13-18(25)22-15-8-4-3-7-14(15)21/h3-10H,2,11-13H2,1H3,(H,22,25). The predicted octanol–water partition coefficient (Wildman–Crippen LogP) is 2.55. The molecular weight excluding hydrogens is 382 g/mol. The van der Waals surface area contributed by atoms with E-state index in [1.165, 1.54) is 9.80 Å². The van der Waals surface area contributed by atoms with E-state index in [2.05, 4.69) is 5.32 Å². The summed E-state index contributed by atoms with van der Waals surface area (Å²) in [6, 6.07) is 13.9. The van der Waals surface area contributed by atoms with Crippen LogP contribution in [0.4, 0.5) is 11.4 Å². The van der Waals surface area contributed by atoms with E-state index in [-0.39, 0.29) is 19.6 Å². The number of rotatable bonds is 6. The van der Waals surface area contributed by atoms with Gasteiger partial charge in [-0.2, -0.15) is 0 Å². The highest BCUT2D eigenvalue weighted by Crippen LogP contribution is 2.29. The number of carbonyl (C=O) groups excluding carboxylic acids is 3. The Hall–Kier alpha value is -3.06. The van der Waals surface area contributed by atoms with Crippen molar-refractivity contribution in [2.45, 2.75) is 6.92 Å². The van der Waals surface area contributed by atoms with Gasteiger partial charge in [0.25, 0.3) is 0 Å². The molecule has 0 spiro atoms. The summed E-state index contributed by atoms with van der Waals surface area (Å²) in [7, 11) is 0. The highest BCUT2D eigenvalue weighted by molar-refractivity contribution is 6.41. The molecule has 28 heavy (non-hydrogen) atoms. The maximum Gasteiger partial charge on any atom is 0.316 e. The lowest BCUT2D eigenvalue weighted by molar-refractivity contribution is -0.147. The minimum atomic E-state index is -0.730. The first-order valence-electron chi connectivity index (χ1n) is 8.88. The second-order valence-electron chi connectivity index (χ2n) is 6.11. The van der Waals surface area contributed by atoms with Crippen LogP contribution < -0.4 is 15.0 Å². The zero-order chi connectivity index (χ0) is 20.1. The van der Waals surface area contributed by atoms with E-state index >= 15 is 0 Å². The molecule has 1 aliphatic heterocycles. The largest absolute Gasteiger partial charge is 0.492 e. The molecule has 3 rings (SSSR count). The van der Waals surface area contributed by atoms with E-state index in [0.29, 0.717) is 28.8 Å². The Balaban J connectivity index is 1.67. The maximum atomic E-state index is 12.6. The molecule has 7 nitrogen and oxygen atoms in total. The molecule has 0 radical (unpaired) electrons. The number of nitrogens with one attached hydrogen (secondary N) is 1. The lowest BCUT2D eigenvalue weighted by Crippen LogP contribution is -2.56. The SMILES string of the molecule is CCOc1ccccc1N1CCN(CC(=O)Nc2ccccc2Cl)C(=O)C1=O. The Morgan fingerprint density at radius 1 is 1.07 bits per heavy atom. The lowest BCUT2D eigenvalue weighted by atomic mass is 10.2.